The Kier molecular flexibility index (Phi) is 1.81. The van der Waals surface area contributed by atoms with E-state index in [2.05, 4.69) is 25.2 Å². The number of phenolic OH excluding ortho intramolecular Hbond substituents is 1. The molecule has 0 radical (unpaired) electrons. The van der Waals surface area contributed by atoms with Gasteiger partial charge < -0.3 is 10.4 Å². The molecule has 0 bridgehead atoms. The van der Waals surface area contributed by atoms with Crippen LogP contribution < -0.4 is 5.32 Å². The molecule has 1 aromatic carbocycles. The molecule has 0 fully saturated rings. The minimum Gasteiger partial charge on any atom is -0.508 e. The van der Waals surface area contributed by atoms with Crippen LogP contribution >= 0.6 is 0 Å². The van der Waals surface area contributed by atoms with Gasteiger partial charge in [-0.25, -0.2) is 0 Å². The zero-order valence-corrected chi connectivity index (χ0v) is 8.09. The first kappa shape index (κ1) is 8.57. The van der Waals surface area contributed by atoms with E-state index in [9.17, 15) is 5.11 Å². The standard InChI is InChI=1S/C11H15NO/c1-11(2)7-12-6-8-4-3-5-9(13)10(8)11/h3-5,12-13H,6-7H2,1-2H3. The van der Waals surface area contributed by atoms with Crippen LogP contribution in [-0.4, -0.2) is 11.7 Å². The summed E-state index contributed by atoms with van der Waals surface area (Å²) in [6.45, 7) is 6.10. The maximum absolute atomic E-state index is 9.76. The van der Waals surface area contributed by atoms with Crippen molar-refractivity contribution < 1.29 is 5.11 Å². The molecule has 0 spiro atoms. The largest absolute Gasteiger partial charge is 0.508 e. The first-order valence-electron chi connectivity index (χ1n) is 4.63. The molecular formula is C11H15NO. The first-order valence-corrected chi connectivity index (χ1v) is 4.63. The van der Waals surface area contributed by atoms with Crippen LogP contribution in [0.25, 0.3) is 0 Å². The van der Waals surface area contributed by atoms with Gasteiger partial charge in [0.05, 0.1) is 0 Å². The second-order valence-corrected chi connectivity index (χ2v) is 4.30. The highest BCUT2D eigenvalue weighted by Crippen LogP contribution is 2.35. The molecule has 1 aliphatic rings. The first-order chi connectivity index (χ1) is 6.11. The van der Waals surface area contributed by atoms with E-state index >= 15 is 0 Å². The third-order valence-corrected chi connectivity index (χ3v) is 2.69. The van der Waals surface area contributed by atoms with Gasteiger partial charge >= 0.3 is 0 Å². The third-order valence-electron chi connectivity index (χ3n) is 2.69. The van der Waals surface area contributed by atoms with E-state index in [0.717, 1.165) is 18.7 Å². The van der Waals surface area contributed by atoms with Crippen molar-refractivity contribution in [1.82, 2.24) is 5.32 Å². The predicted octanol–water partition coefficient (Wildman–Crippen LogP) is 1.77. The van der Waals surface area contributed by atoms with Crippen LogP contribution in [0, 0.1) is 0 Å². The third kappa shape index (κ3) is 1.31. The van der Waals surface area contributed by atoms with E-state index in [-0.39, 0.29) is 5.41 Å². The van der Waals surface area contributed by atoms with Crippen molar-refractivity contribution in [3.63, 3.8) is 0 Å². The van der Waals surface area contributed by atoms with Gasteiger partial charge in [0.25, 0.3) is 0 Å². The number of rotatable bonds is 0. The molecule has 1 aliphatic heterocycles. The van der Waals surface area contributed by atoms with Gasteiger partial charge in [0.2, 0.25) is 0 Å². The molecule has 2 heteroatoms. The molecule has 2 N–H and O–H groups in total. The van der Waals surface area contributed by atoms with Crippen LogP contribution in [0.4, 0.5) is 0 Å². The topological polar surface area (TPSA) is 32.3 Å². The molecule has 0 saturated heterocycles. The fourth-order valence-corrected chi connectivity index (χ4v) is 2.11. The minimum absolute atomic E-state index is 0.0406. The van der Waals surface area contributed by atoms with Crippen molar-refractivity contribution in [1.29, 1.82) is 0 Å². The van der Waals surface area contributed by atoms with E-state index < -0.39 is 0 Å². The molecule has 1 heterocycles. The van der Waals surface area contributed by atoms with Gasteiger partial charge in [-0.15, -0.1) is 0 Å². The normalized spacial score (nSPS) is 19.5. The molecule has 1 aromatic rings. The minimum atomic E-state index is 0.0406. The Bertz CT molecular complexity index is 331. The maximum atomic E-state index is 9.76. The highest BCUT2D eigenvalue weighted by atomic mass is 16.3. The van der Waals surface area contributed by atoms with Crippen molar-refractivity contribution in [2.45, 2.75) is 25.8 Å². The van der Waals surface area contributed by atoms with Crippen LogP contribution in [0.15, 0.2) is 18.2 Å². The Balaban J connectivity index is 2.61. The summed E-state index contributed by atoms with van der Waals surface area (Å²) in [5.41, 5.74) is 2.36. The summed E-state index contributed by atoms with van der Waals surface area (Å²) in [5, 5.41) is 13.1. The lowest BCUT2D eigenvalue weighted by Gasteiger charge is -2.33. The van der Waals surface area contributed by atoms with Gasteiger partial charge in [-0.3, -0.25) is 0 Å². The summed E-state index contributed by atoms with van der Waals surface area (Å²) in [5.74, 6) is 0.434. The molecular weight excluding hydrogens is 162 g/mol. The summed E-state index contributed by atoms with van der Waals surface area (Å²) in [4.78, 5) is 0. The molecule has 0 unspecified atom stereocenters. The average Bonchev–Trinajstić information content (AvgIpc) is 2.02. The summed E-state index contributed by atoms with van der Waals surface area (Å²) >= 11 is 0. The van der Waals surface area contributed by atoms with E-state index in [1.54, 1.807) is 6.07 Å². The average molecular weight is 177 g/mol. The van der Waals surface area contributed by atoms with Crippen LogP contribution in [0.1, 0.15) is 25.0 Å². The monoisotopic (exact) mass is 177 g/mol. The van der Waals surface area contributed by atoms with E-state index in [4.69, 9.17) is 0 Å². The second-order valence-electron chi connectivity index (χ2n) is 4.30. The highest BCUT2D eigenvalue weighted by molar-refractivity contribution is 5.45. The Labute approximate surface area is 78.6 Å². The number of phenols is 1. The molecule has 0 amide bonds. The molecule has 0 saturated carbocycles. The molecule has 0 atom stereocenters. The fourth-order valence-electron chi connectivity index (χ4n) is 2.11. The molecule has 2 rings (SSSR count). The van der Waals surface area contributed by atoms with Crippen molar-refractivity contribution in [3.05, 3.63) is 29.3 Å². The lowest BCUT2D eigenvalue weighted by Crippen LogP contribution is -2.38. The van der Waals surface area contributed by atoms with Crippen molar-refractivity contribution in [3.8, 4) is 5.75 Å². The number of fused-ring (bicyclic) bond motifs is 1. The Morgan fingerprint density at radius 2 is 2.15 bits per heavy atom. The smallest absolute Gasteiger partial charge is 0.119 e. The number of nitrogens with one attached hydrogen (secondary N) is 1. The van der Waals surface area contributed by atoms with E-state index in [1.165, 1.54) is 5.56 Å². The van der Waals surface area contributed by atoms with Gasteiger partial charge in [0, 0.05) is 24.1 Å². The van der Waals surface area contributed by atoms with E-state index in [0.29, 0.717) is 5.75 Å². The molecule has 0 aliphatic carbocycles. The highest BCUT2D eigenvalue weighted by Gasteiger charge is 2.29. The Morgan fingerprint density at radius 1 is 1.38 bits per heavy atom. The number of hydrogen-bond donors (Lipinski definition) is 2. The van der Waals surface area contributed by atoms with Gasteiger partial charge in [0.15, 0.2) is 0 Å². The van der Waals surface area contributed by atoms with Crippen molar-refractivity contribution in [2.75, 3.05) is 6.54 Å². The van der Waals surface area contributed by atoms with Crippen LogP contribution in [0.5, 0.6) is 5.75 Å². The second kappa shape index (κ2) is 2.74. The SMILES string of the molecule is CC1(C)CNCc2cccc(O)c21. The number of hydrogen-bond acceptors (Lipinski definition) is 2. The van der Waals surface area contributed by atoms with Crippen LogP contribution in [0.2, 0.25) is 0 Å². The van der Waals surface area contributed by atoms with Crippen LogP contribution in [0.3, 0.4) is 0 Å². The van der Waals surface area contributed by atoms with E-state index in [1.807, 2.05) is 6.07 Å². The zero-order valence-electron chi connectivity index (χ0n) is 8.09. The van der Waals surface area contributed by atoms with Gasteiger partial charge in [-0.2, -0.15) is 0 Å². The zero-order chi connectivity index (χ0) is 9.47. The Hall–Kier alpha value is -1.02. The summed E-state index contributed by atoms with van der Waals surface area (Å²) in [6, 6.07) is 5.74. The number of benzene rings is 1. The summed E-state index contributed by atoms with van der Waals surface area (Å²) < 4.78 is 0. The van der Waals surface area contributed by atoms with Crippen LogP contribution in [-0.2, 0) is 12.0 Å². The maximum Gasteiger partial charge on any atom is 0.119 e. The number of aromatic hydroxyl groups is 1. The van der Waals surface area contributed by atoms with Crippen molar-refractivity contribution >= 4 is 0 Å². The molecule has 0 aromatic heterocycles. The van der Waals surface area contributed by atoms with Gasteiger partial charge in [-0.05, 0) is 11.6 Å². The predicted molar refractivity (Wildman–Crippen MR) is 52.8 cm³/mol. The summed E-state index contributed by atoms with van der Waals surface area (Å²) in [7, 11) is 0. The van der Waals surface area contributed by atoms with Gasteiger partial charge in [-0.1, -0.05) is 26.0 Å². The Morgan fingerprint density at radius 3 is 2.85 bits per heavy atom. The summed E-state index contributed by atoms with van der Waals surface area (Å²) in [6.07, 6.45) is 0. The lowest BCUT2D eigenvalue weighted by atomic mass is 9.79. The fraction of sp³-hybridized carbons (Fsp3) is 0.455. The molecule has 13 heavy (non-hydrogen) atoms. The molecule has 70 valence electrons. The molecule has 2 nitrogen and oxygen atoms in total. The quantitative estimate of drug-likeness (QED) is 0.633. The van der Waals surface area contributed by atoms with Crippen molar-refractivity contribution in [2.24, 2.45) is 0 Å². The van der Waals surface area contributed by atoms with Gasteiger partial charge in [0.1, 0.15) is 5.75 Å². The lowest BCUT2D eigenvalue weighted by molar-refractivity contribution is 0.394.